The highest BCUT2D eigenvalue weighted by atomic mass is 32.2. The molecule has 0 spiro atoms. The third-order valence-corrected chi connectivity index (χ3v) is 5.36. The molecule has 2 N–H and O–H groups in total. The highest BCUT2D eigenvalue weighted by Crippen LogP contribution is 2.19. The first-order valence-corrected chi connectivity index (χ1v) is 11.5. The number of methoxy groups -OCH3 is 1. The van der Waals surface area contributed by atoms with Crippen LogP contribution in [0.1, 0.15) is 15.9 Å². The maximum Gasteiger partial charge on any atom is 0.340 e. The van der Waals surface area contributed by atoms with Crippen molar-refractivity contribution in [3.63, 3.8) is 0 Å². The fourth-order valence-electron chi connectivity index (χ4n) is 2.94. The van der Waals surface area contributed by atoms with E-state index in [9.17, 15) is 14.4 Å². The van der Waals surface area contributed by atoms with Gasteiger partial charge >= 0.3 is 5.97 Å². The number of para-hydroxylation sites is 1. The summed E-state index contributed by atoms with van der Waals surface area (Å²) in [6.45, 7) is -0.456. The highest BCUT2D eigenvalue weighted by Gasteiger charge is 2.15. The van der Waals surface area contributed by atoms with Crippen LogP contribution >= 0.6 is 11.8 Å². The Morgan fingerprint density at radius 1 is 0.941 bits per heavy atom. The van der Waals surface area contributed by atoms with Crippen LogP contribution in [0, 0.1) is 0 Å². The summed E-state index contributed by atoms with van der Waals surface area (Å²) in [7, 11) is 1.58. The van der Waals surface area contributed by atoms with Gasteiger partial charge in [0.2, 0.25) is 5.91 Å². The minimum atomic E-state index is -0.719. The van der Waals surface area contributed by atoms with Gasteiger partial charge in [-0.3, -0.25) is 9.59 Å². The first-order chi connectivity index (χ1) is 16.5. The van der Waals surface area contributed by atoms with E-state index in [4.69, 9.17) is 9.47 Å². The Morgan fingerprint density at radius 3 is 2.44 bits per heavy atom. The number of rotatable bonds is 9. The van der Waals surface area contributed by atoms with E-state index in [0.29, 0.717) is 5.69 Å². The van der Waals surface area contributed by atoms with Crippen LogP contribution in [0.2, 0.25) is 0 Å². The Balaban J connectivity index is 1.57. The van der Waals surface area contributed by atoms with Gasteiger partial charge in [-0.2, -0.15) is 0 Å². The van der Waals surface area contributed by atoms with Crippen LogP contribution in [-0.2, 0) is 14.3 Å². The number of hydrogen-bond donors (Lipinski definition) is 2. The molecule has 3 rings (SSSR count). The SMILES string of the molecule is COc1ccc(/C=C/C(=O)Nc2ccccc2C(=O)OCC(=O)Nc2cccc(SC)c2)cc1. The van der Waals surface area contributed by atoms with Crippen molar-refractivity contribution in [1.82, 2.24) is 0 Å². The van der Waals surface area contributed by atoms with Gasteiger partial charge in [0.15, 0.2) is 6.61 Å². The largest absolute Gasteiger partial charge is 0.497 e. The lowest BCUT2D eigenvalue weighted by molar-refractivity contribution is -0.119. The molecule has 2 amide bonds. The van der Waals surface area contributed by atoms with E-state index >= 15 is 0 Å². The van der Waals surface area contributed by atoms with E-state index in [1.807, 2.05) is 36.6 Å². The summed E-state index contributed by atoms with van der Waals surface area (Å²) in [6, 6.07) is 21.0. The molecule has 7 nitrogen and oxygen atoms in total. The summed E-state index contributed by atoms with van der Waals surface area (Å²) in [4.78, 5) is 38.1. The van der Waals surface area contributed by atoms with Crippen molar-refractivity contribution in [2.24, 2.45) is 0 Å². The summed E-state index contributed by atoms with van der Waals surface area (Å²) in [6.07, 6.45) is 4.94. The van der Waals surface area contributed by atoms with Gasteiger partial charge in [-0.05, 0) is 60.4 Å². The second-order valence-electron chi connectivity index (χ2n) is 7.00. The van der Waals surface area contributed by atoms with Gasteiger partial charge in [0.05, 0.1) is 18.4 Å². The number of ether oxygens (including phenoxy) is 2. The molecule has 0 aliphatic heterocycles. The molecular weight excluding hydrogens is 452 g/mol. The third kappa shape index (κ3) is 7.25. The van der Waals surface area contributed by atoms with Crippen molar-refractivity contribution >= 4 is 47.0 Å². The van der Waals surface area contributed by atoms with Crippen LogP contribution < -0.4 is 15.4 Å². The maximum absolute atomic E-state index is 12.6. The Bertz CT molecular complexity index is 1190. The molecule has 0 fully saturated rings. The fourth-order valence-corrected chi connectivity index (χ4v) is 3.40. The molecule has 0 saturated heterocycles. The number of carbonyl (C=O) groups excluding carboxylic acids is 3. The van der Waals surface area contributed by atoms with Gasteiger partial charge in [-0.15, -0.1) is 11.8 Å². The second-order valence-corrected chi connectivity index (χ2v) is 7.88. The van der Waals surface area contributed by atoms with Crippen LogP contribution in [0.3, 0.4) is 0 Å². The van der Waals surface area contributed by atoms with Gasteiger partial charge in [0, 0.05) is 16.7 Å². The zero-order chi connectivity index (χ0) is 24.3. The topological polar surface area (TPSA) is 93.7 Å². The van der Waals surface area contributed by atoms with E-state index in [0.717, 1.165) is 16.2 Å². The molecule has 3 aromatic rings. The lowest BCUT2D eigenvalue weighted by Gasteiger charge is -2.10. The molecule has 0 aliphatic rings. The lowest BCUT2D eigenvalue weighted by Crippen LogP contribution is -2.21. The van der Waals surface area contributed by atoms with Crippen LogP contribution in [0.25, 0.3) is 6.08 Å². The molecule has 0 aromatic heterocycles. The zero-order valence-electron chi connectivity index (χ0n) is 18.7. The number of benzene rings is 3. The fraction of sp³-hybridized carbons (Fsp3) is 0.115. The van der Waals surface area contributed by atoms with Gasteiger partial charge in [-0.1, -0.05) is 30.3 Å². The van der Waals surface area contributed by atoms with E-state index in [1.165, 1.54) is 12.1 Å². The molecule has 0 aliphatic carbocycles. The maximum atomic E-state index is 12.6. The highest BCUT2D eigenvalue weighted by molar-refractivity contribution is 7.98. The Kier molecular flexibility index (Phi) is 8.88. The summed E-state index contributed by atoms with van der Waals surface area (Å²) in [5, 5.41) is 5.36. The Morgan fingerprint density at radius 2 is 1.71 bits per heavy atom. The van der Waals surface area contributed by atoms with Gasteiger partial charge in [0.25, 0.3) is 5.91 Å². The standard InChI is InChI=1S/C26H24N2O5S/c1-32-20-13-10-18(11-14-20)12-15-24(29)28-23-9-4-3-8-22(23)26(31)33-17-25(30)27-19-6-5-7-21(16-19)34-2/h3-16H,17H2,1-2H3,(H,27,30)(H,28,29)/b15-12+. The van der Waals surface area contributed by atoms with Gasteiger partial charge < -0.3 is 20.1 Å². The number of nitrogens with one attached hydrogen (secondary N) is 2. The number of carbonyl (C=O) groups is 3. The molecule has 174 valence electrons. The van der Waals surface area contributed by atoms with Crippen molar-refractivity contribution in [3.05, 3.63) is 90.0 Å². The molecule has 0 bridgehead atoms. The molecule has 34 heavy (non-hydrogen) atoms. The molecule has 3 aromatic carbocycles. The summed E-state index contributed by atoms with van der Waals surface area (Å²) < 4.78 is 10.3. The molecule has 0 atom stereocenters. The van der Waals surface area contributed by atoms with E-state index in [2.05, 4.69) is 10.6 Å². The summed E-state index contributed by atoms with van der Waals surface area (Å²) >= 11 is 1.55. The number of thioether (sulfide) groups is 1. The van der Waals surface area contributed by atoms with Crippen LogP contribution in [0.4, 0.5) is 11.4 Å². The van der Waals surface area contributed by atoms with Crippen molar-refractivity contribution in [2.45, 2.75) is 4.90 Å². The minimum Gasteiger partial charge on any atom is -0.497 e. The first-order valence-electron chi connectivity index (χ1n) is 10.3. The zero-order valence-corrected chi connectivity index (χ0v) is 19.6. The third-order valence-electron chi connectivity index (χ3n) is 4.64. The number of esters is 1. The summed E-state index contributed by atoms with van der Waals surface area (Å²) in [5.41, 5.74) is 1.86. The molecular formula is C26H24N2O5S. The van der Waals surface area contributed by atoms with Crippen molar-refractivity contribution < 1.29 is 23.9 Å². The van der Waals surface area contributed by atoms with Crippen molar-refractivity contribution in [1.29, 1.82) is 0 Å². The quantitative estimate of drug-likeness (QED) is 0.260. The van der Waals surface area contributed by atoms with Crippen molar-refractivity contribution in [3.8, 4) is 5.75 Å². The first kappa shape index (κ1) is 24.6. The van der Waals surface area contributed by atoms with Gasteiger partial charge in [0.1, 0.15) is 5.75 Å². The minimum absolute atomic E-state index is 0.144. The molecule has 0 saturated carbocycles. The predicted molar refractivity (Wildman–Crippen MR) is 134 cm³/mol. The molecule has 0 heterocycles. The average Bonchev–Trinajstić information content (AvgIpc) is 2.86. The predicted octanol–water partition coefficient (Wildman–Crippen LogP) is 4.86. The van der Waals surface area contributed by atoms with Crippen LogP contribution in [0.15, 0.2) is 83.8 Å². The van der Waals surface area contributed by atoms with E-state index in [1.54, 1.807) is 61.3 Å². The number of hydrogen-bond acceptors (Lipinski definition) is 6. The second kappa shape index (κ2) is 12.3. The molecule has 0 radical (unpaired) electrons. The summed E-state index contributed by atoms with van der Waals surface area (Å²) in [5.74, 6) is -0.878. The normalized spacial score (nSPS) is 10.5. The monoisotopic (exact) mass is 476 g/mol. The van der Waals surface area contributed by atoms with Crippen molar-refractivity contribution in [2.75, 3.05) is 30.6 Å². The van der Waals surface area contributed by atoms with E-state index in [-0.39, 0.29) is 11.3 Å². The average molecular weight is 477 g/mol. The van der Waals surface area contributed by atoms with Gasteiger partial charge in [-0.25, -0.2) is 4.79 Å². The molecule has 8 heteroatoms. The number of anilines is 2. The lowest BCUT2D eigenvalue weighted by atomic mass is 10.1. The number of amides is 2. The smallest absolute Gasteiger partial charge is 0.340 e. The Hall–Kier alpha value is -4.04. The van der Waals surface area contributed by atoms with E-state index < -0.39 is 24.4 Å². The van der Waals surface area contributed by atoms with Crippen LogP contribution in [0.5, 0.6) is 5.75 Å². The molecule has 0 unspecified atom stereocenters. The van der Waals surface area contributed by atoms with Crippen LogP contribution in [-0.4, -0.2) is 37.8 Å². The Labute approximate surface area is 202 Å².